The molecule has 0 fully saturated rings. The van der Waals surface area contributed by atoms with Crippen LogP contribution in [0.3, 0.4) is 0 Å². The molecule has 1 amide bonds. The van der Waals surface area contributed by atoms with E-state index in [0.717, 1.165) is 24.9 Å². The third-order valence-electron chi connectivity index (χ3n) is 2.94. The number of hydrogen-bond donors (Lipinski definition) is 0. The topological polar surface area (TPSA) is 38.8 Å². The van der Waals surface area contributed by atoms with E-state index in [2.05, 4.69) is 6.92 Å². The van der Waals surface area contributed by atoms with Gasteiger partial charge in [0, 0.05) is 13.6 Å². The van der Waals surface area contributed by atoms with E-state index in [1.807, 2.05) is 25.1 Å². The molecule has 4 nitrogen and oxygen atoms in total. The monoisotopic (exact) mass is 265 g/mol. The maximum Gasteiger partial charge on any atom is 0.260 e. The van der Waals surface area contributed by atoms with Crippen molar-refractivity contribution in [3.05, 3.63) is 23.8 Å². The Labute approximate surface area is 115 Å². The van der Waals surface area contributed by atoms with Crippen molar-refractivity contribution in [1.29, 1.82) is 0 Å². The smallest absolute Gasteiger partial charge is 0.260 e. The van der Waals surface area contributed by atoms with Gasteiger partial charge in [0.05, 0.1) is 7.11 Å². The van der Waals surface area contributed by atoms with Gasteiger partial charge in [-0.15, -0.1) is 0 Å². The number of likely N-dealkylation sites (N-methyl/N-ethyl adjacent to an activating group) is 1. The fourth-order valence-electron chi connectivity index (χ4n) is 1.66. The molecule has 0 unspecified atom stereocenters. The highest BCUT2D eigenvalue weighted by Crippen LogP contribution is 2.27. The third-order valence-corrected chi connectivity index (χ3v) is 2.94. The lowest BCUT2D eigenvalue weighted by Crippen LogP contribution is -2.32. The molecule has 0 N–H and O–H groups in total. The number of carbonyl (C=O) groups is 1. The Bertz CT molecular complexity index is 418. The summed E-state index contributed by atoms with van der Waals surface area (Å²) in [7, 11) is 3.39. The van der Waals surface area contributed by atoms with Gasteiger partial charge in [0.15, 0.2) is 18.1 Å². The summed E-state index contributed by atoms with van der Waals surface area (Å²) in [6, 6.07) is 5.65. The number of aryl methyl sites for hydroxylation is 1. The molecule has 0 spiro atoms. The summed E-state index contributed by atoms with van der Waals surface area (Å²) < 4.78 is 10.8. The second-order valence-corrected chi connectivity index (χ2v) is 4.61. The van der Waals surface area contributed by atoms with Gasteiger partial charge >= 0.3 is 0 Å². The minimum absolute atomic E-state index is 0.0175. The van der Waals surface area contributed by atoms with Crippen LogP contribution in [0.25, 0.3) is 0 Å². The SMILES string of the molecule is CCCCN(C)C(=O)COc1ccc(C)cc1OC. The predicted molar refractivity (Wildman–Crippen MR) is 75.8 cm³/mol. The van der Waals surface area contributed by atoms with Crippen molar-refractivity contribution in [3.63, 3.8) is 0 Å². The Morgan fingerprint density at radius 2 is 2.05 bits per heavy atom. The standard InChI is InChI=1S/C15H23NO3/c1-5-6-9-16(3)15(17)11-19-13-8-7-12(2)10-14(13)18-4/h7-8,10H,5-6,9,11H2,1-4H3. The van der Waals surface area contributed by atoms with Crippen LogP contribution in [-0.2, 0) is 4.79 Å². The van der Waals surface area contributed by atoms with Crippen molar-refractivity contribution in [2.24, 2.45) is 0 Å². The van der Waals surface area contributed by atoms with Crippen LogP contribution in [0.1, 0.15) is 25.3 Å². The molecule has 0 atom stereocenters. The number of ether oxygens (including phenoxy) is 2. The predicted octanol–water partition coefficient (Wildman–Crippen LogP) is 2.64. The van der Waals surface area contributed by atoms with Crippen LogP contribution in [0.15, 0.2) is 18.2 Å². The normalized spacial score (nSPS) is 10.1. The molecule has 0 aliphatic heterocycles. The summed E-state index contributed by atoms with van der Waals surface area (Å²) in [5, 5.41) is 0. The molecule has 1 rings (SSSR count). The fourth-order valence-corrected chi connectivity index (χ4v) is 1.66. The molecule has 1 aromatic carbocycles. The molecule has 0 saturated heterocycles. The first kappa shape index (κ1) is 15.3. The Morgan fingerprint density at radius 3 is 2.68 bits per heavy atom. The molecule has 0 radical (unpaired) electrons. The number of hydrogen-bond acceptors (Lipinski definition) is 3. The van der Waals surface area contributed by atoms with Crippen molar-refractivity contribution in [2.45, 2.75) is 26.7 Å². The van der Waals surface area contributed by atoms with Gasteiger partial charge in [-0.3, -0.25) is 4.79 Å². The van der Waals surface area contributed by atoms with Crippen molar-refractivity contribution in [3.8, 4) is 11.5 Å². The van der Waals surface area contributed by atoms with Gasteiger partial charge in [0.1, 0.15) is 0 Å². The van der Waals surface area contributed by atoms with Gasteiger partial charge in [0.2, 0.25) is 0 Å². The second-order valence-electron chi connectivity index (χ2n) is 4.61. The summed E-state index contributed by atoms with van der Waals surface area (Å²) in [6.07, 6.45) is 2.08. The lowest BCUT2D eigenvalue weighted by molar-refractivity contribution is -0.132. The third kappa shape index (κ3) is 4.81. The van der Waals surface area contributed by atoms with Crippen LogP contribution in [0, 0.1) is 6.92 Å². The highest BCUT2D eigenvalue weighted by Gasteiger charge is 2.11. The van der Waals surface area contributed by atoms with Crippen molar-refractivity contribution >= 4 is 5.91 Å². The van der Waals surface area contributed by atoms with Crippen molar-refractivity contribution < 1.29 is 14.3 Å². The van der Waals surface area contributed by atoms with Gasteiger partial charge in [0.25, 0.3) is 5.91 Å². The first-order chi connectivity index (χ1) is 9.08. The van der Waals surface area contributed by atoms with E-state index < -0.39 is 0 Å². The van der Waals surface area contributed by atoms with Gasteiger partial charge in [-0.2, -0.15) is 0 Å². The molecule has 106 valence electrons. The van der Waals surface area contributed by atoms with E-state index in [0.29, 0.717) is 11.5 Å². The minimum atomic E-state index is -0.0175. The first-order valence-electron chi connectivity index (χ1n) is 6.60. The summed E-state index contributed by atoms with van der Waals surface area (Å²) >= 11 is 0. The maximum atomic E-state index is 11.8. The average Bonchev–Trinajstić information content (AvgIpc) is 2.42. The zero-order valence-electron chi connectivity index (χ0n) is 12.2. The van der Waals surface area contributed by atoms with Crippen LogP contribution < -0.4 is 9.47 Å². The number of methoxy groups -OCH3 is 1. The Kier molecular flexibility index (Phi) is 6.19. The van der Waals surface area contributed by atoms with Gasteiger partial charge in [-0.05, 0) is 31.0 Å². The molecule has 19 heavy (non-hydrogen) atoms. The minimum Gasteiger partial charge on any atom is -0.493 e. The van der Waals surface area contributed by atoms with Crippen LogP contribution in [0.2, 0.25) is 0 Å². The number of benzene rings is 1. The number of carbonyl (C=O) groups excluding carboxylic acids is 1. The van der Waals surface area contributed by atoms with E-state index >= 15 is 0 Å². The molecule has 0 bridgehead atoms. The molecule has 0 saturated carbocycles. The molecular formula is C15H23NO3. The lowest BCUT2D eigenvalue weighted by Gasteiger charge is -2.17. The summed E-state index contributed by atoms with van der Waals surface area (Å²) in [5.41, 5.74) is 1.09. The maximum absolute atomic E-state index is 11.8. The fraction of sp³-hybridized carbons (Fsp3) is 0.533. The summed E-state index contributed by atoms with van der Waals surface area (Å²) in [5.74, 6) is 1.24. The molecule has 0 aromatic heterocycles. The van der Waals surface area contributed by atoms with Gasteiger partial charge in [-0.1, -0.05) is 19.4 Å². The first-order valence-corrected chi connectivity index (χ1v) is 6.60. The van der Waals surface area contributed by atoms with Crippen LogP contribution in [0.4, 0.5) is 0 Å². The van der Waals surface area contributed by atoms with E-state index in [4.69, 9.17) is 9.47 Å². The Balaban J connectivity index is 2.54. The van der Waals surface area contributed by atoms with Crippen LogP contribution in [0.5, 0.6) is 11.5 Å². The summed E-state index contributed by atoms with van der Waals surface area (Å²) in [6.45, 7) is 4.89. The second kappa shape index (κ2) is 7.67. The van der Waals surface area contributed by atoms with Gasteiger partial charge in [-0.25, -0.2) is 0 Å². The number of amides is 1. The Hall–Kier alpha value is -1.71. The highest BCUT2D eigenvalue weighted by atomic mass is 16.5. The van der Waals surface area contributed by atoms with E-state index in [9.17, 15) is 4.79 Å². The molecule has 1 aromatic rings. The van der Waals surface area contributed by atoms with Gasteiger partial charge < -0.3 is 14.4 Å². The highest BCUT2D eigenvalue weighted by molar-refractivity contribution is 5.77. The van der Waals surface area contributed by atoms with Crippen molar-refractivity contribution in [1.82, 2.24) is 4.90 Å². The van der Waals surface area contributed by atoms with E-state index in [1.165, 1.54) is 0 Å². The zero-order chi connectivity index (χ0) is 14.3. The number of nitrogens with zero attached hydrogens (tertiary/aromatic N) is 1. The van der Waals surface area contributed by atoms with Crippen molar-refractivity contribution in [2.75, 3.05) is 27.3 Å². The molecular weight excluding hydrogens is 242 g/mol. The van der Waals surface area contributed by atoms with Crippen LogP contribution >= 0.6 is 0 Å². The lowest BCUT2D eigenvalue weighted by atomic mass is 10.2. The Morgan fingerprint density at radius 1 is 1.32 bits per heavy atom. The number of unbranched alkanes of at least 4 members (excludes halogenated alkanes) is 1. The molecule has 4 heteroatoms. The van der Waals surface area contributed by atoms with E-state index in [-0.39, 0.29) is 12.5 Å². The molecule has 0 aliphatic rings. The quantitative estimate of drug-likeness (QED) is 0.760. The van der Waals surface area contributed by atoms with E-state index in [1.54, 1.807) is 19.1 Å². The molecule has 0 heterocycles. The number of rotatable bonds is 7. The molecule has 0 aliphatic carbocycles. The zero-order valence-corrected chi connectivity index (χ0v) is 12.2. The summed E-state index contributed by atoms with van der Waals surface area (Å²) in [4.78, 5) is 13.5. The van der Waals surface area contributed by atoms with Crippen LogP contribution in [-0.4, -0.2) is 38.1 Å². The average molecular weight is 265 g/mol. The largest absolute Gasteiger partial charge is 0.493 e.